The van der Waals surface area contributed by atoms with E-state index in [2.05, 4.69) is 15.7 Å². The minimum atomic E-state index is -0.312. The number of ether oxygens (including phenoxy) is 1. The van der Waals surface area contributed by atoms with E-state index in [4.69, 9.17) is 4.74 Å². The fourth-order valence-electron chi connectivity index (χ4n) is 3.26. The van der Waals surface area contributed by atoms with Crippen LogP contribution in [0.15, 0.2) is 48.7 Å². The van der Waals surface area contributed by atoms with Gasteiger partial charge in [0.15, 0.2) is 6.61 Å². The van der Waals surface area contributed by atoms with Crippen LogP contribution >= 0.6 is 0 Å². The average Bonchev–Trinajstić information content (AvgIpc) is 3.09. The molecule has 7 nitrogen and oxygen atoms in total. The Hall–Kier alpha value is -3.68. The summed E-state index contributed by atoms with van der Waals surface area (Å²) in [6.45, 7) is 3.69. The predicted octanol–water partition coefficient (Wildman–Crippen LogP) is 3.14. The molecule has 2 heterocycles. The van der Waals surface area contributed by atoms with Crippen LogP contribution in [0.3, 0.4) is 0 Å². The smallest absolute Gasteiger partial charge is 0.262 e. The Morgan fingerprint density at radius 1 is 1.28 bits per heavy atom. The summed E-state index contributed by atoms with van der Waals surface area (Å²) >= 11 is 0. The van der Waals surface area contributed by atoms with Crippen molar-refractivity contribution < 1.29 is 18.7 Å². The van der Waals surface area contributed by atoms with Crippen LogP contribution in [0.2, 0.25) is 0 Å². The molecule has 0 saturated heterocycles. The number of anilines is 1. The van der Waals surface area contributed by atoms with Crippen LogP contribution < -0.4 is 15.4 Å². The lowest BCUT2D eigenvalue weighted by atomic mass is 10.1. The SMILES string of the molecule is Cc1c([C@@H](C)NC(=O)c2ccc3c(c2)OCC(=O)N3)cnn1-c1ccc(F)cc1. The van der Waals surface area contributed by atoms with Crippen molar-refractivity contribution in [2.75, 3.05) is 11.9 Å². The number of benzene rings is 2. The number of nitrogens with one attached hydrogen (secondary N) is 2. The van der Waals surface area contributed by atoms with Crippen LogP contribution in [0.5, 0.6) is 5.75 Å². The molecule has 2 aromatic carbocycles. The highest BCUT2D eigenvalue weighted by atomic mass is 19.1. The Kier molecular flexibility index (Phi) is 4.75. The summed E-state index contributed by atoms with van der Waals surface area (Å²) in [5, 5.41) is 10.0. The van der Waals surface area contributed by atoms with Gasteiger partial charge < -0.3 is 15.4 Å². The molecule has 0 unspecified atom stereocenters. The minimum Gasteiger partial charge on any atom is -0.482 e. The summed E-state index contributed by atoms with van der Waals surface area (Å²) in [6, 6.07) is 10.6. The van der Waals surface area contributed by atoms with Gasteiger partial charge in [-0.25, -0.2) is 9.07 Å². The zero-order valence-corrected chi connectivity index (χ0v) is 15.9. The highest BCUT2D eigenvalue weighted by Crippen LogP contribution is 2.29. The molecule has 2 N–H and O–H groups in total. The number of amides is 2. The molecule has 0 saturated carbocycles. The van der Waals surface area contributed by atoms with E-state index < -0.39 is 0 Å². The number of carbonyl (C=O) groups excluding carboxylic acids is 2. The molecule has 0 spiro atoms. The zero-order chi connectivity index (χ0) is 20.5. The zero-order valence-electron chi connectivity index (χ0n) is 15.9. The van der Waals surface area contributed by atoms with E-state index >= 15 is 0 Å². The quantitative estimate of drug-likeness (QED) is 0.712. The van der Waals surface area contributed by atoms with Crippen LogP contribution in [0.25, 0.3) is 5.69 Å². The summed E-state index contributed by atoms with van der Waals surface area (Å²) in [6.07, 6.45) is 1.69. The maximum absolute atomic E-state index is 13.2. The van der Waals surface area contributed by atoms with Gasteiger partial charge in [0, 0.05) is 16.8 Å². The van der Waals surface area contributed by atoms with Crippen molar-refractivity contribution in [3.63, 3.8) is 0 Å². The first kappa shape index (κ1) is 18.7. The van der Waals surface area contributed by atoms with Crippen molar-refractivity contribution >= 4 is 17.5 Å². The average molecular weight is 394 g/mol. The molecule has 0 bridgehead atoms. The topological polar surface area (TPSA) is 85.2 Å². The lowest BCUT2D eigenvalue weighted by Crippen LogP contribution is -2.28. The largest absolute Gasteiger partial charge is 0.482 e. The number of aromatic nitrogens is 2. The third-order valence-electron chi connectivity index (χ3n) is 4.81. The Morgan fingerprint density at radius 2 is 2.03 bits per heavy atom. The molecule has 1 aliphatic rings. The second kappa shape index (κ2) is 7.38. The van der Waals surface area contributed by atoms with Crippen molar-refractivity contribution in [2.45, 2.75) is 19.9 Å². The first-order valence-corrected chi connectivity index (χ1v) is 9.10. The molecule has 0 aliphatic carbocycles. The molecular weight excluding hydrogens is 375 g/mol. The van der Waals surface area contributed by atoms with Gasteiger partial charge in [-0.1, -0.05) is 0 Å². The predicted molar refractivity (Wildman–Crippen MR) is 105 cm³/mol. The third kappa shape index (κ3) is 3.69. The van der Waals surface area contributed by atoms with E-state index in [9.17, 15) is 14.0 Å². The normalized spacial score (nSPS) is 13.8. The third-order valence-corrected chi connectivity index (χ3v) is 4.81. The second-order valence-electron chi connectivity index (χ2n) is 6.82. The summed E-state index contributed by atoms with van der Waals surface area (Å²) in [5.74, 6) is -0.343. The summed E-state index contributed by atoms with van der Waals surface area (Å²) in [7, 11) is 0. The maximum Gasteiger partial charge on any atom is 0.262 e. The van der Waals surface area contributed by atoms with Gasteiger partial charge in [0.2, 0.25) is 0 Å². The van der Waals surface area contributed by atoms with E-state index in [0.717, 1.165) is 16.9 Å². The van der Waals surface area contributed by atoms with Crippen LogP contribution in [0, 0.1) is 12.7 Å². The maximum atomic E-state index is 13.2. The van der Waals surface area contributed by atoms with Crippen molar-refractivity contribution in [3.05, 3.63) is 71.3 Å². The number of hydrogen-bond donors (Lipinski definition) is 2. The number of carbonyl (C=O) groups is 2. The van der Waals surface area contributed by atoms with E-state index in [1.165, 1.54) is 12.1 Å². The first-order chi connectivity index (χ1) is 13.9. The van der Waals surface area contributed by atoms with Gasteiger partial charge in [-0.05, 0) is 56.3 Å². The Labute approximate surface area is 166 Å². The van der Waals surface area contributed by atoms with Crippen LogP contribution in [-0.2, 0) is 4.79 Å². The molecule has 0 radical (unpaired) electrons. The standard InChI is InChI=1S/C21H19FN4O3/c1-12(17-10-23-26(13(17)2)16-6-4-15(22)5-7-16)24-21(28)14-3-8-18-19(9-14)29-11-20(27)25-18/h3-10,12H,11H2,1-2H3,(H,24,28)(H,25,27)/t12-/m1/s1. The lowest BCUT2D eigenvalue weighted by Gasteiger charge is -2.19. The highest BCUT2D eigenvalue weighted by Gasteiger charge is 2.20. The molecule has 0 fully saturated rings. The Bertz CT molecular complexity index is 1090. The number of rotatable bonds is 4. The summed E-state index contributed by atoms with van der Waals surface area (Å²) < 4.78 is 20.2. The van der Waals surface area contributed by atoms with Gasteiger partial charge in [0.1, 0.15) is 11.6 Å². The summed E-state index contributed by atoms with van der Waals surface area (Å²) in [5.41, 5.74) is 3.41. The van der Waals surface area contributed by atoms with Gasteiger partial charge in [0.25, 0.3) is 11.8 Å². The van der Waals surface area contributed by atoms with Gasteiger partial charge >= 0.3 is 0 Å². The van der Waals surface area contributed by atoms with E-state index in [1.54, 1.807) is 41.2 Å². The minimum absolute atomic E-state index is 0.0732. The molecule has 1 aromatic heterocycles. The molecule has 1 aliphatic heterocycles. The van der Waals surface area contributed by atoms with Crippen LogP contribution in [0.4, 0.5) is 10.1 Å². The Morgan fingerprint density at radius 3 is 2.79 bits per heavy atom. The number of nitrogens with zero attached hydrogens (tertiary/aromatic N) is 2. The molecule has 8 heteroatoms. The fourth-order valence-corrected chi connectivity index (χ4v) is 3.26. The van der Waals surface area contributed by atoms with E-state index in [0.29, 0.717) is 17.0 Å². The Balaban J connectivity index is 1.51. The number of hydrogen-bond acceptors (Lipinski definition) is 4. The van der Waals surface area contributed by atoms with Gasteiger partial charge in [-0.3, -0.25) is 9.59 Å². The van der Waals surface area contributed by atoms with E-state index in [1.807, 2.05) is 13.8 Å². The molecule has 29 heavy (non-hydrogen) atoms. The first-order valence-electron chi connectivity index (χ1n) is 9.10. The summed E-state index contributed by atoms with van der Waals surface area (Å²) in [4.78, 5) is 24.0. The molecule has 2 amide bonds. The van der Waals surface area contributed by atoms with Crippen molar-refractivity contribution in [1.29, 1.82) is 0 Å². The van der Waals surface area contributed by atoms with Crippen molar-refractivity contribution in [2.24, 2.45) is 0 Å². The molecular formula is C21H19FN4O3. The molecule has 148 valence electrons. The monoisotopic (exact) mass is 394 g/mol. The van der Waals surface area contributed by atoms with Crippen LogP contribution in [-0.4, -0.2) is 28.2 Å². The van der Waals surface area contributed by atoms with Gasteiger partial charge in [-0.2, -0.15) is 5.10 Å². The van der Waals surface area contributed by atoms with Gasteiger partial charge in [-0.15, -0.1) is 0 Å². The highest BCUT2D eigenvalue weighted by molar-refractivity contribution is 5.99. The fraction of sp³-hybridized carbons (Fsp3) is 0.190. The number of fused-ring (bicyclic) bond motifs is 1. The van der Waals surface area contributed by atoms with Crippen molar-refractivity contribution in [3.8, 4) is 11.4 Å². The second-order valence-corrected chi connectivity index (χ2v) is 6.82. The van der Waals surface area contributed by atoms with Gasteiger partial charge in [0.05, 0.1) is 23.6 Å². The van der Waals surface area contributed by atoms with E-state index in [-0.39, 0.29) is 30.3 Å². The number of halogens is 1. The van der Waals surface area contributed by atoms with Crippen LogP contribution in [0.1, 0.15) is 34.6 Å². The lowest BCUT2D eigenvalue weighted by molar-refractivity contribution is -0.118. The molecule has 1 atom stereocenters. The van der Waals surface area contributed by atoms with Crippen molar-refractivity contribution in [1.82, 2.24) is 15.1 Å². The molecule has 4 rings (SSSR count). The molecule has 3 aromatic rings.